The second-order valence-electron chi connectivity index (χ2n) is 3.15. The normalized spacial score (nSPS) is 10.7. The lowest BCUT2D eigenvalue weighted by Gasteiger charge is -2.11. The van der Waals surface area contributed by atoms with Gasteiger partial charge in [0.2, 0.25) is 5.88 Å². The summed E-state index contributed by atoms with van der Waals surface area (Å²) in [5.41, 5.74) is 4.49. The van der Waals surface area contributed by atoms with Gasteiger partial charge in [-0.15, -0.1) is 13.2 Å². The highest BCUT2D eigenvalue weighted by atomic mass is 19.4. The molecule has 0 aliphatic heterocycles. The third-order valence-electron chi connectivity index (χ3n) is 1.85. The van der Waals surface area contributed by atoms with E-state index in [1.807, 2.05) is 0 Å². The van der Waals surface area contributed by atoms with E-state index in [4.69, 9.17) is 11.0 Å². The highest BCUT2D eigenvalue weighted by Crippen LogP contribution is 2.26. The number of halogens is 3. The van der Waals surface area contributed by atoms with Crippen molar-refractivity contribution in [1.82, 2.24) is 4.98 Å². The summed E-state index contributed by atoms with van der Waals surface area (Å²) in [6.07, 6.45) is -4.99. The molecule has 0 spiro atoms. The van der Waals surface area contributed by atoms with Gasteiger partial charge < -0.3 is 15.2 Å². The van der Waals surface area contributed by atoms with Crippen LogP contribution in [-0.2, 0) is 4.74 Å². The molecule has 0 aliphatic rings. The van der Waals surface area contributed by atoms with Crippen LogP contribution in [0.2, 0.25) is 0 Å². The Labute approximate surface area is 105 Å². The van der Waals surface area contributed by atoms with Crippen molar-refractivity contribution in [1.29, 1.82) is 5.26 Å². The van der Waals surface area contributed by atoms with Gasteiger partial charge in [0.1, 0.15) is 17.5 Å². The van der Waals surface area contributed by atoms with Gasteiger partial charge in [-0.25, -0.2) is 4.79 Å². The average Bonchev–Trinajstić information content (AvgIpc) is 2.26. The number of carbonyl (C=O) groups excluding carboxylic acids is 1. The molecule has 19 heavy (non-hydrogen) atoms. The van der Waals surface area contributed by atoms with Crippen LogP contribution in [0.15, 0.2) is 6.07 Å². The second-order valence-corrected chi connectivity index (χ2v) is 3.15. The van der Waals surface area contributed by atoms with E-state index >= 15 is 0 Å². The molecule has 2 N–H and O–H groups in total. The molecule has 9 heteroatoms. The number of ether oxygens (including phenoxy) is 2. The molecule has 0 aromatic carbocycles. The summed E-state index contributed by atoms with van der Waals surface area (Å²) in [7, 11) is 0. The summed E-state index contributed by atoms with van der Waals surface area (Å²) in [4.78, 5) is 14.7. The minimum absolute atomic E-state index is 0.0125. The van der Waals surface area contributed by atoms with Gasteiger partial charge in [-0.3, -0.25) is 0 Å². The van der Waals surface area contributed by atoms with Crippen molar-refractivity contribution in [3.63, 3.8) is 0 Å². The van der Waals surface area contributed by atoms with Crippen molar-refractivity contribution in [2.24, 2.45) is 0 Å². The number of nitriles is 1. The Morgan fingerprint density at radius 3 is 2.68 bits per heavy atom. The van der Waals surface area contributed by atoms with Crippen molar-refractivity contribution in [2.45, 2.75) is 13.3 Å². The maximum Gasteiger partial charge on any atom is 0.574 e. The van der Waals surface area contributed by atoms with E-state index in [9.17, 15) is 18.0 Å². The number of nitrogens with zero attached hydrogens (tertiary/aromatic N) is 2. The van der Waals surface area contributed by atoms with Gasteiger partial charge >= 0.3 is 12.3 Å². The third kappa shape index (κ3) is 3.74. The molecule has 0 radical (unpaired) electrons. The van der Waals surface area contributed by atoms with E-state index in [1.165, 1.54) is 6.92 Å². The Hall–Kier alpha value is -2.50. The quantitative estimate of drug-likeness (QED) is 0.841. The minimum Gasteiger partial charge on any atom is -0.462 e. The molecule has 0 amide bonds. The first-order chi connectivity index (χ1) is 8.78. The van der Waals surface area contributed by atoms with Crippen LogP contribution in [0.5, 0.6) is 5.88 Å². The largest absolute Gasteiger partial charge is 0.574 e. The van der Waals surface area contributed by atoms with Gasteiger partial charge in [0.15, 0.2) is 0 Å². The predicted octanol–water partition coefficient (Wildman–Crippen LogP) is 1.61. The van der Waals surface area contributed by atoms with Crippen LogP contribution in [-0.4, -0.2) is 23.9 Å². The topological polar surface area (TPSA) is 98.2 Å². The number of carbonyl (C=O) groups is 1. The summed E-state index contributed by atoms with van der Waals surface area (Å²) < 4.78 is 44.3. The molecule has 102 valence electrons. The molecule has 1 heterocycles. The van der Waals surface area contributed by atoms with Crippen LogP contribution >= 0.6 is 0 Å². The number of hydrogen-bond acceptors (Lipinski definition) is 6. The molecule has 0 fully saturated rings. The third-order valence-corrected chi connectivity index (χ3v) is 1.85. The molecule has 0 atom stereocenters. The molecular weight excluding hydrogens is 267 g/mol. The summed E-state index contributed by atoms with van der Waals surface area (Å²) in [5.74, 6) is -2.47. The summed E-state index contributed by atoms with van der Waals surface area (Å²) in [6, 6.07) is 2.22. The van der Waals surface area contributed by atoms with Gasteiger partial charge in [-0.2, -0.15) is 10.2 Å². The van der Waals surface area contributed by atoms with Crippen molar-refractivity contribution in [3.8, 4) is 11.9 Å². The molecule has 0 unspecified atom stereocenters. The molecule has 0 bridgehead atoms. The van der Waals surface area contributed by atoms with Gasteiger partial charge in [-0.1, -0.05) is 0 Å². The number of alkyl halides is 3. The van der Waals surface area contributed by atoms with Crippen molar-refractivity contribution >= 4 is 11.8 Å². The summed E-state index contributed by atoms with van der Waals surface area (Å²) in [6.45, 7) is 1.49. The Morgan fingerprint density at radius 2 is 2.21 bits per heavy atom. The van der Waals surface area contributed by atoms with Crippen LogP contribution in [0.25, 0.3) is 0 Å². The van der Waals surface area contributed by atoms with Crippen molar-refractivity contribution < 1.29 is 27.4 Å². The zero-order chi connectivity index (χ0) is 14.6. The Kier molecular flexibility index (Phi) is 4.16. The SMILES string of the molecule is CCOC(=O)c1cc(OC(F)(F)F)nc(N)c1C#N. The first kappa shape index (κ1) is 14.6. The van der Waals surface area contributed by atoms with E-state index in [1.54, 1.807) is 6.07 Å². The Morgan fingerprint density at radius 1 is 1.58 bits per heavy atom. The lowest BCUT2D eigenvalue weighted by atomic mass is 10.1. The van der Waals surface area contributed by atoms with Crippen LogP contribution in [0.1, 0.15) is 22.8 Å². The number of nitrogens with two attached hydrogens (primary N) is 1. The zero-order valence-electron chi connectivity index (χ0n) is 9.61. The van der Waals surface area contributed by atoms with E-state index in [0.717, 1.165) is 0 Å². The molecule has 0 saturated carbocycles. The van der Waals surface area contributed by atoms with E-state index in [-0.39, 0.29) is 12.2 Å². The average molecular weight is 275 g/mol. The van der Waals surface area contributed by atoms with Gasteiger partial charge in [0.25, 0.3) is 0 Å². The smallest absolute Gasteiger partial charge is 0.462 e. The first-order valence-electron chi connectivity index (χ1n) is 4.92. The number of esters is 1. The van der Waals surface area contributed by atoms with Gasteiger partial charge in [0.05, 0.1) is 12.2 Å². The maximum atomic E-state index is 12.1. The molecule has 1 aromatic heterocycles. The zero-order valence-corrected chi connectivity index (χ0v) is 9.61. The summed E-state index contributed by atoms with van der Waals surface area (Å²) >= 11 is 0. The maximum absolute atomic E-state index is 12.1. The van der Waals surface area contributed by atoms with Crippen molar-refractivity contribution in [2.75, 3.05) is 12.3 Å². The number of anilines is 1. The lowest BCUT2D eigenvalue weighted by molar-refractivity contribution is -0.276. The highest BCUT2D eigenvalue weighted by Gasteiger charge is 2.33. The first-order valence-corrected chi connectivity index (χ1v) is 4.92. The second kappa shape index (κ2) is 5.43. The molecule has 1 aromatic rings. The number of aromatic nitrogens is 1. The Bertz CT molecular complexity index is 537. The fourth-order valence-corrected chi connectivity index (χ4v) is 1.20. The molecule has 6 nitrogen and oxygen atoms in total. The van der Waals surface area contributed by atoms with Crippen LogP contribution in [0.4, 0.5) is 19.0 Å². The highest BCUT2D eigenvalue weighted by molar-refractivity contribution is 5.94. The number of hydrogen-bond donors (Lipinski definition) is 1. The fourth-order valence-electron chi connectivity index (χ4n) is 1.20. The standard InChI is InChI=1S/C10H8F3N3O3/c1-2-18-9(17)5-3-7(19-10(11,12)13)16-8(15)6(5)4-14/h3H,2H2,1H3,(H2,15,16). The predicted molar refractivity (Wildman–Crippen MR) is 56.0 cm³/mol. The molecule has 1 rings (SSSR count). The van der Waals surface area contributed by atoms with Crippen molar-refractivity contribution in [3.05, 3.63) is 17.2 Å². The number of rotatable bonds is 3. The fraction of sp³-hybridized carbons (Fsp3) is 0.300. The lowest BCUT2D eigenvalue weighted by Crippen LogP contribution is -2.19. The van der Waals surface area contributed by atoms with Crippen LogP contribution in [0.3, 0.4) is 0 Å². The van der Waals surface area contributed by atoms with Gasteiger partial charge in [0, 0.05) is 6.07 Å². The van der Waals surface area contributed by atoms with E-state index in [2.05, 4.69) is 14.5 Å². The van der Waals surface area contributed by atoms with Crippen LogP contribution < -0.4 is 10.5 Å². The van der Waals surface area contributed by atoms with E-state index < -0.39 is 29.6 Å². The number of pyridine rings is 1. The van der Waals surface area contributed by atoms with Crippen LogP contribution in [0, 0.1) is 11.3 Å². The molecule has 0 saturated heterocycles. The minimum atomic E-state index is -4.99. The molecular formula is C10H8F3N3O3. The van der Waals surface area contributed by atoms with Gasteiger partial charge in [-0.05, 0) is 6.92 Å². The van der Waals surface area contributed by atoms with E-state index in [0.29, 0.717) is 6.07 Å². The number of nitrogen functional groups attached to an aromatic ring is 1. The Balaban J connectivity index is 3.27. The monoisotopic (exact) mass is 275 g/mol. The summed E-state index contributed by atoms with van der Waals surface area (Å²) in [5, 5.41) is 8.80. The molecule has 0 aliphatic carbocycles.